The molecule has 4 unspecified atom stereocenters. The zero-order valence-electron chi connectivity index (χ0n) is 21.4. The van der Waals surface area contributed by atoms with Crippen molar-refractivity contribution in [1.82, 2.24) is 15.5 Å². The number of nitrogens with one attached hydrogen (secondary N) is 2. The number of carbonyl (C=O) groups excluding carboxylic acids is 3. The Kier molecular flexibility index (Phi) is 9.91. The van der Waals surface area contributed by atoms with Crippen molar-refractivity contribution in [2.45, 2.75) is 91.0 Å². The number of aliphatic hydroxyl groups is 1. The van der Waals surface area contributed by atoms with Crippen LogP contribution in [-0.4, -0.2) is 58.8 Å². The van der Waals surface area contributed by atoms with Crippen molar-refractivity contribution in [3.8, 4) is 0 Å². The molecule has 1 aliphatic carbocycles. The molecule has 8 heteroatoms. The summed E-state index contributed by atoms with van der Waals surface area (Å²) in [5.41, 5.74) is 0.875. The first-order chi connectivity index (χ1) is 16.0. The fourth-order valence-corrected chi connectivity index (χ4v) is 3.98. The number of carbonyl (C=O) groups is 3. The largest absolute Gasteiger partial charge is 0.444 e. The van der Waals surface area contributed by atoms with E-state index in [2.05, 4.69) is 17.6 Å². The lowest BCUT2D eigenvalue weighted by molar-refractivity contribution is -0.144. The molecule has 3 amide bonds. The highest BCUT2D eigenvalue weighted by Crippen LogP contribution is 2.41. The number of aliphatic hydroxyl groups excluding tert-OH is 1. The van der Waals surface area contributed by atoms with Crippen LogP contribution in [0.5, 0.6) is 0 Å². The van der Waals surface area contributed by atoms with Gasteiger partial charge in [0.1, 0.15) is 17.7 Å². The second-order valence-corrected chi connectivity index (χ2v) is 10.2. The van der Waals surface area contributed by atoms with Gasteiger partial charge in [-0.3, -0.25) is 9.59 Å². The number of hydrogen-bond donors (Lipinski definition) is 3. The molecule has 1 fully saturated rings. The van der Waals surface area contributed by atoms with E-state index in [-0.39, 0.29) is 17.9 Å². The van der Waals surface area contributed by atoms with Gasteiger partial charge in [-0.2, -0.15) is 0 Å². The molecule has 0 bridgehead atoms. The van der Waals surface area contributed by atoms with E-state index in [1.54, 1.807) is 25.7 Å². The number of ether oxygens (including phenoxy) is 1. The second kappa shape index (κ2) is 12.2. The molecule has 0 aliphatic heterocycles. The summed E-state index contributed by atoms with van der Waals surface area (Å²) in [5.74, 6) is -0.546. The molecule has 0 spiro atoms. The van der Waals surface area contributed by atoms with E-state index in [0.717, 1.165) is 36.8 Å². The lowest BCUT2D eigenvalue weighted by Gasteiger charge is -2.35. The smallest absolute Gasteiger partial charge is 0.408 e. The molecular formula is C26H41N3O5. The minimum Gasteiger partial charge on any atom is -0.444 e. The van der Waals surface area contributed by atoms with Gasteiger partial charge in [0, 0.05) is 12.6 Å². The summed E-state index contributed by atoms with van der Waals surface area (Å²) in [6.07, 6.45) is 2.86. The van der Waals surface area contributed by atoms with Gasteiger partial charge in [-0.05, 0) is 57.6 Å². The van der Waals surface area contributed by atoms with Crippen LogP contribution in [0.3, 0.4) is 0 Å². The van der Waals surface area contributed by atoms with Crippen LogP contribution >= 0.6 is 0 Å². The van der Waals surface area contributed by atoms with E-state index >= 15 is 0 Å². The number of hydrogen-bond acceptors (Lipinski definition) is 5. The van der Waals surface area contributed by atoms with Gasteiger partial charge in [0.2, 0.25) is 11.8 Å². The third-order valence-corrected chi connectivity index (χ3v) is 5.94. The first-order valence-corrected chi connectivity index (χ1v) is 12.3. The minimum atomic E-state index is -1.22. The monoisotopic (exact) mass is 475 g/mol. The van der Waals surface area contributed by atoms with Crippen LogP contribution in [0.25, 0.3) is 0 Å². The molecule has 0 aromatic heterocycles. The number of benzene rings is 1. The van der Waals surface area contributed by atoms with Crippen molar-refractivity contribution >= 4 is 17.9 Å². The van der Waals surface area contributed by atoms with Crippen LogP contribution in [0.4, 0.5) is 4.79 Å². The minimum absolute atomic E-state index is 0.159. The Morgan fingerprint density at radius 1 is 1.21 bits per heavy atom. The normalized spacial score (nSPS) is 19.0. The predicted molar refractivity (Wildman–Crippen MR) is 131 cm³/mol. The number of alkyl carbamates (subject to hydrolysis) is 1. The Hall–Kier alpha value is -2.61. The maximum atomic E-state index is 13.7. The second-order valence-electron chi connectivity index (χ2n) is 10.2. The highest BCUT2D eigenvalue weighted by atomic mass is 16.6. The molecule has 2 rings (SSSR count). The van der Waals surface area contributed by atoms with Gasteiger partial charge in [-0.1, -0.05) is 51.0 Å². The van der Waals surface area contributed by atoms with Crippen LogP contribution in [0, 0.1) is 12.8 Å². The summed E-state index contributed by atoms with van der Waals surface area (Å²) in [6, 6.07) is 5.26. The van der Waals surface area contributed by atoms with E-state index in [4.69, 9.17) is 4.74 Å². The SMILES string of the molecule is CCCCCNC(=O)C(c1ccccc1C)N(C(=O)C(CO)NC(=O)OC(C)(C)C)C1CC1C. The Balaban J connectivity index is 2.37. The molecule has 8 nitrogen and oxygen atoms in total. The summed E-state index contributed by atoms with van der Waals surface area (Å²) in [6.45, 7) is 11.1. The molecule has 4 atom stereocenters. The molecule has 0 heterocycles. The number of amides is 3. The topological polar surface area (TPSA) is 108 Å². The first kappa shape index (κ1) is 27.6. The maximum absolute atomic E-state index is 13.7. The highest BCUT2D eigenvalue weighted by molar-refractivity contribution is 5.93. The van der Waals surface area contributed by atoms with Gasteiger partial charge in [0.05, 0.1) is 6.61 Å². The van der Waals surface area contributed by atoms with Crippen LogP contribution in [0.15, 0.2) is 24.3 Å². The number of rotatable bonds is 11. The van der Waals surface area contributed by atoms with Crippen molar-refractivity contribution in [3.63, 3.8) is 0 Å². The fraction of sp³-hybridized carbons (Fsp3) is 0.654. The number of unbranched alkanes of at least 4 members (excludes halogenated alkanes) is 2. The van der Waals surface area contributed by atoms with Crippen molar-refractivity contribution in [2.24, 2.45) is 5.92 Å². The molecular weight excluding hydrogens is 434 g/mol. The summed E-state index contributed by atoms with van der Waals surface area (Å²) in [4.78, 5) is 41.1. The number of nitrogens with zero attached hydrogens (tertiary/aromatic N) is 1. The van der Waals surface area contributed by atoms with E-state index in [9.17, 15) is 19.5 Å². The molecule has 3 N–H and O–H groups in total. The zero-order valence-corrected chi connectivity index (χ0v) is 21.4. The Labute approximate surface area is 203 Å². The Bertz CT molecular complexity index is 851. The summed E-state index contributed by atoms with van der Waals surface area (Å²) >= 11 is 0. The van der Waals surface area contributed by atoms with Crippen molar-refractivity contribution in [2.75, 3.05) is 13.2 Å². The molecule has 1 aromatic carbocycles. The van der Waals surface area contributed by atoms with Gasteiger partial charge in [-0.25, -0.2) is 4.79 Å². The van der Waals surface area contributed by atoms with Crippen LogP contribution < -0.4 is 10.6 Å². The molecule has 34 heavy (non-hydrogen) atoms. The van der Waals surface area contributed by atoms with E-state index in [1.165, 1.54) is 0 Å². The van der Waals surface area contributed by atoms with Crippen molar-refractivity contribution in [1.29, 1.82) is 0 Å². The third kappa shape index (κ3) is 7.72. The highest BCUT2D eigenvalue weighted by Gasteiger charge is 2.48. The third-order valence-electron chi connectivity index (χ3n) is 5.94. The van der Waals surface area contributed by atoms with E-state index < -0.39 is 36.3 Å². The Morgan fingerprint density at radius 2 is 1.85 bits per heavy atom. The van der Waals surface area contributed by atoms with Gasteiger partial charge < -0.3 is 25.4 Å². The average molecular weight is 476 g/mol. The van der Waals surface area contributed by atoms with E-state index in [0.29, 0.717) is 6.54 Å². The molecule has 0 saturated heterocycles. The molecule has 190 valence electrons. The summed E-state index contributed by atoms with van der Waals surface area (Å²) in [7, 11) is 0. The predicted octanol–water partition coefficient (Wildman–Crippen LogP) is 3.47. The Morgan fingerprint density at radius 3 is 2.38 bits per heavy atom. The van der Waals surface area contributed by atoms with E-state index in [1.807, 2.05) is 38.1 Å². The molecule has 1 aromatic rings. The quantitative estimate of drug-likeness (QED) is 0.425. The van der Waals surface area contributed by atoms with Crippen LogP contribution in [0.2, 0.25) is 0 Å². The van der Waals surface area contributed by atoms with Crippen molar-refractivity contribution < 1.29 is 24.2 Å². The first-order valence-electron chi connectivity index (χ1n) is 12.3. The molecule has 1 saturated carbocycles. The zero-order chi connectivity index (χ0) is 25.5. The summed E-state index contributed by atoms with van der Waals surface area (Å²) in [5, 5.41) is 15.5. The van der Waals surface area contributed by atoms with Crippen LogP contribution in [0.1, 0.15) is 77.5 Å². The molecule has 0 radical (unpaired) electrons. The summed E-state index contributed by atoms with van der Waals surface area (Å²) < 4.78 is 5.27. The molecule has 1 aliphatic rings. The lowest BCUT2D eigenvalue weighted by atomic mass is 9.97. The van der Waals surface area contributed by atoms with Gasteiger partial charge in [0.15, 0.2) is 0 Å². The lowest BCUT2D eigenvalue weighted by Crippen LogP contribution is -2.55. The fourth-order valence-electron chi connectivity index (χ4n) is 3.98. The van der Waals surface area contributed by atoms with Gasteiger partial charge in [-0.15, -0.1) is 0 Å². The average Bonchev–Trinajstić information content (AvgIpc) is 3.48. The standard InChI is InChI=1S/C26H41N3O5/c1-7-8-11-14-27-23(31)22(19-13-10-9-12-17(19)2)29(21-15-18(21)3)24(32)20(16-30)28-25(33)34-26(4,5)6/h9-10,12-13,18,20-22,30H,7-8,11,14-16H2,1-6H3,(H,27,31)(H,28,33). The van der Waals surface area contributed by atoms with Gasteiger partial charge in [0.25, 0.3) is 0 Å². The van der Waals surface area contributed by atoms with Gasteiger partial charge >= 0.3 is 6.09 Å². The van der Waals surface area contributed by atoms with Crippen LogP contribution in [-0.2, 0) is 14.3 Å². The maximum Gasteiger partial charge on any atom is 0.408 e. The number of aryl methyl sites for hydroxylation is 1. The van der Waals surface area contributed by atoms with Crippen molar-refractivity contribution in [3.05, 3.63) is 35.4 Å².